The van der Waals surface area contributed by atoms with Crippen LogP contribution >= 0.6 is 0 Å². The molecule has 5 nitrogen and oxygen atoms in total. The van der Waals surface area contributed by atoms with E-state index in [-0.39, 0.29) is 18.3 Å². The zero-order valence-corrected chi connectivity index (χ0v) is 16.9. The molecule has 0 aromatic heterocycles. The molecule has 28 heavy (non-hydrogen) atoms. The van der Waals surface area contributed by atoms with Crippen LogP contribution in [-0.4, -0.2) is 33.0 Å². The Bertz CT molecular complexity index is 888. The van der Waals surface area contributed by atoms with E-state index in [1.165, 1.54) is 0 Å². The Labute approximate surface area is 165 Å². The molecule has 2 aliphatic heterocycles. The topological polar surface area (TPSA) is 46.2 Å². The van der Waals surface area contributed by atoms with Gasteiger partial charge in [-0.15, -0.1) is 0 Å². The van der Waals surface area contributed by atoms with E-state index in [4.69, 9.17) is 23.7 Å². The fraction of sp³-hybridized carbons (Fsp3) is 0.391. The van der Waals surface area contributed by atoms with E-state index >= 15 is 0 Å². The van der Waals surface area contributed by atoms with Crippen molar-refractivity contribution in [2.75, 3.05) is 21.3 Å². The summed E-state index contributed by atoms with van der Waals surface area (Å²) in [7, 11) is 5.01. The van der Waals surface area contributed by atoms with Crippen LogP contribution in [0.3, 0.4) is 0 Å². The highest BCUT2D eigenvalue weighted by Gasteiger charge is 2.43. The van der Waals surface area contributed by atoms with Crippen LogP contribution in [0.5, 0.6) is 17.2 Å². The van der Waals surface area contributed by atoms with Crippen molar-refractivity contribution in [2.45, 2.75) is 37.8 Å². The first-order valence-electron chi connectivity index (χ1n) is 9.39. The lowest BCUT2D eigenvalue weighted by molar-refractivity contribution is -0.107. The van der Waals surface area contributed by atoms with Crippen LogP contribution in [0.25, 0.3) is 6.08 Å². The van der Waals surface area contributed by atoms with Crippen LogP contribution in [0.15, 0.2) is 42.5 Å². The number of fused-ring (bicyclic) bond motifs is 2. The van der Waals surface area contributed by atoms with Crippen molar-refractivity contribution in [1.29, 1.82) is 0 Å². The van der Waals surface area contributed by atoms with E-state index in [1.807, 2.05) is 62.4 Å². The molecule has 0 N–H and O–H groups in total. The van der Waals surface area contributed by atoms with Gasteiger partial charge in [0.2, 0.25) is 0 Å². The van der Waals surface area contributed by atoms with Crippen molar-refractivity contribution in [2.24, 2.45) is 0 Å². The minimum Gasteiger partial charge on any atom is -0.495 e. The number of rotatable bonds is 4. The molecule has 2 heterocycles. The second-order valence-electron chi connectivity index (χ2n) is 7.58. The largest absolute Gasteiger partial charge is 0.495 e. The molecule has 3 atom stereocenters. The van der Waals surface area contributed by atoms with E-state index in [1.54, 1.807) is 21.3 Å². The lowest BCUT2D eigenvalue weighted by Gasteiger charge is -2.40. The van der Waals surface area contributed by atoms with Gasteiger partial charge in [0.1, 0.15) is 35.1 Å². The van der Waals surface area contributed by atoms with E-state index in [2.05, 4.69) is 0 Å². The molecule has 2 aromatic rings. The van der Waals surface area contributed by atoms with Gasteiger partial charge in [-0.05, 0) is 31.6 Å². The van der Waals surface area contributed by atoms with Gasteiger partial charge in [0.05, 0.1) is 18.2 Å². The number of methoxy groups -OCH3 is 3. The van der Waals surface area contributed by atoms with Gasteiger partial charge in [0.15, 0.2) is 6.10 Å². The summed E-state index contributed by atoms with van der Waals surface area (Å²) in [6, 6.07) is 12.0. The second kappa shape index (κ2) is 7.15. The monoisotopic (exact) mass is 382 g/mol. The summed E-state index contributed by atoms with van der Waals surface area (Å²) in [6.45, 7) is 4.04. The van der Waals surface area contributed by atoms with Crippen molar-refractivity contribution in [1.82, 2.24) is 0 Å². The zero-order chi connectivity index (χ0) is 19.9. The third kappa shape index (κ3) is 3.05. The first kappa shape index (κ1) is 18.8. The molecule has 2 aliphatic rings. The van der Waals surface area contributed by atoms with Gasteiger partial charge in [-0.1, -0.05) is 30.3 Å². The maximum atomic E-state index is 6.44. The summed E-state index contributed by atoms with van der Waals surface area (Å²) in [5.41, 5.74) is 2.37. The molecule has 0 aliphatic carbocycles. The first-order valence-corrected chi connectivity index (χ1v) is 9.39. The normalized spacial score (nSPS) is 24.5. The van der Waals surface area contributed by atoms with Gasteiger partial charge < -0.3 is 23.7 Å². The predicted octanol–water partition coefficient (Wildman–Crippen LogP) is 4.72. The lowest BCUT2D eigenvalue weighted by atomic mass is 9.88. The average molecular weight is 382 g/mol. The molecular weight excluding hydrogens is 356 g/mol. The van der Waals surface area contributed by atoms with Crippen molar-refractivity contribution < 1.29 is 23.7 Å². The van der Waals surface area contributed by atoms with E-state index in [0.29, 0.717) is 11.5 Å². The first-order chi connectivity index (χ1) is 13.5. The highest BCUT2D eigenvalue weighted by molar-refractivity contribution is 5.72. The molecule has 0 bridgehead atoms. The molecule has 0 fully saturated rings. The molecule has 3 unspecified atom stereocenters. The summed E-state index contributed by atoms with van der Waals surface area (Å²) < 4.78 is 30.1. The SMILES string of the molecule is COc1c2c(cc3c1C(OC)C(OC)C(c1ccccc1)O3)OC(C)(C)C=C2. The number of benzene rings is 2. The van der Waals surface area contributed by atoms with Crippen LogP contribution in [-0.2, 0) is 9.47 Å². The van der Waals surface area contributed by atoms with Crippen LogP contribution in [0.4, 0.5) is 0 Å². The Morgan fingerprint density at radius 2 is 1.71 bits per heavy atom. The summed E-state index contributed by atoms with van der Waals surface area (Å²) in [4.78, 5) is 0. The van der Waals surface area contributed by atoms with Crippen LogP contribution in [0.2, 0.25) is 0 Å². The zero-order valence-electron chi connectivity index (χ0n) is 16.9. The summed E-state index contributed by atoms with van der Waals surface area (Å²) in [5.74, 6) is 2.12. The van der Waals surface area contributed by atoms with Crippen molar-refractivity contribution in [3.05, 3.63) is 59.2 Å². The molecule has 148 valence electrons. The van der Waals surface area contributed by atoms with Crippen molar-refractivity contribution >= 4 is 6.08 Å². The minimum atomic E-state index is -0.393. The number of hydrogen-bond donors (Lipinski definition) is 0. The van der Waals surface area contributed by atoms with Gasteiger partial charge >= 0.3 is 0 Å². The highest BCUT2D eigenvalue weighted by atomic mass is 16.6. The maximum absolute atomic E-state index is 6.44. The molecule has 0 saturated heterocycles. The summed E-state index contributed by atoms with van der Waals surface area (Å²) in [5, 5.41) is 0. The van der Waals surface area contributed by atoms with E-state index in [0.717, 1.165) is 22.4 Å². The number of ether oxygens (including phenoxy) is 5. The van der Waals surface area contributed by atoms with Gasteiger partial charge in [-0.2, -0.15) is 0 Å². The van der Waals surface area contributed by atoms with Crippen LogP contribution < -0.4 is 14.2 Å². The van der Waals surface area contributed by atoms with Crippen molar-refractivity contribution in [3.63, 3.8) is 0 Å². The molecule has 5 heteroatoms. The summed E-state index contributed by atoms with van der Waals surface area (Å²) >= 11 is 0. The second-order valence-corrected chi connectivity index (χ2v) is 7.58. The van der Waals surface area contributed by atoms with Gasteiger partial charge in [-0.25, -0.2) is 0 Å². The number of hydrogen-bond acceptors (Lipinski definition) is 5. The van der Waals surface area contributed by atoms with Crippen LogP contribution in [0, 0.1) is 0 Å². The van der Waals surface area contributed by atoms with E-state index in [9.17, 15) is 0 Å². The minimum absolute atomic E-state index is 0.307. The molecule has 0 spiro atoms. The Morgan fingerprint density at radius 3 is 2.36 bits per heavy atom. The van der Waals surface area contributed by atoms with Crippen LogP contribution in [0.1, 0.15) is 42.7 Å². The molecule has 2 aromatic carbocycles. The summed E-state index contributed by atoms with van der Waals surface area (Å²) in [6.07, 6.45) is 3.09. The molecule has 0 amide bonds. The predicted molar refractivity (Wildman–Crippen MR) is 107 cm³/mol. The Morgan fingerprint density at radius 1 is 0.964 bits per heavy atom. The maximum Gasteiger partial charge on any atom is 0.153 e. The van der Waals surface area contributed by atoms with Gasteiger partial charge in [0, 0.05) is 20.3 Å². The smallest absolute Gasteiger partial charge is 0.153 e. The highest BCUT2D eigenvalue weighted by Crippen LogP contribution is 2.53. The molecule has 0 radical (unpaired) electrons. The average Bonchev–Trinajstić information content (AvgIpc) is 2.70. The third-order valence-corrected chi connectivity index (χ3v) is 5.30. The Balaban J connectivity index is 1.89. The fourth-order valence-corrected chi connectivity index (χ4v) is 4.00. The van der Waals surface area contributed by atoms with Gasteiger partial charge in [-0.3, -0.25) is 0 Å². The van der Waals surface area contributed by atoms with Crippen molar-refractivity contribution in [3.8, 4) is 17.2 Å². The fourth-order valence-electron chi connectivity index (χ4n) is 4.00. The lowest BCUT2D eigenvalue weighted by Crippen LogP contribution is -2.37. The van der Waals surface area contributed by atoms with Gasteiger partial charge in [0.25, 0.3) is 0 Å². The third-order valence-electron chi connectivity index (χ3n) is 5.30. The standard InChI is InChI=1S/C23H26O5/c1-23(2)12-11-15-16(28-23)13-17-18(20(15)24-3)21(25-4)22(26-5)19(27-17)14-9-7-6-8-10-14/h6-13,19,21-22H,1-5H3. The molecular formula is C23H26O5. The molecule has 4 rings (SSSR count). The quantitative estimate of drug-likeness (QED) is 0.766. The van der Waals surface area contributed by atoms with E-state index < -0.39 is 5.60 Å². The Hall–Kier alpha value is -2.50. The Kier molecular flexibility index (Phi) is 4.81. The molecule has 0 saturated carbocycles.